The van der Waals surface area contributed by atoms with Crippen LogP contribution in [-0.4, -0.2) is 18.4 Å². The van der Waals surface area contributed by atoms with E-state index in [9.17, 15) is 9.59 Å². The van der Waals surface area contributed by atoms with Crippen LogP contribution in [0.4, 0.5) is 11.4 Å². The molecule has 140 valence electrons. The van der Waals surface area contributed by atoms with Crippen LogP contribution in [0.5, 0.6) is 17.2 Å². The molecular weight excluding hydrogens is 356 g/mol. The predicted molar refractivity (Wildman–Crippen MR) is 106 cm³/mol. The van der Waals surface area contributed by atoms with Gasteiger partial charge in [-0.05, 0) is 49.4 Å². The summed E-state index contributed by atoms with van der Waals surface area (Å²) in [5, 5.41) is 5.55. The van der Waals surface area contributed by atoms with Crippen LogP contribution in [0.25, 0.3) is 0 Å². The van der Waals surface area contributed by atoms with Gasteiger partial charge in [-0.25, -0.2) is 0 Å². The molecule has 6 heteroatoms. The molecule has 0 atom stereocenters. The van der Waals surface area contributed by atoms with Crippen molar-refractivity contribution in [3.05, 3.63) is 77.9 Å². The molecule has 0 unspecified atom stereocenters. The fourth-order valence-electron chi connectivity index (χ4n) is 2.82. The zero-order valence-corrected chi connectivity index (χ0v) is 15.2. The fraction of sp³-hybridized carbons (Fsp3) is 0.0909. The fourth-order valence-corrected chi connectivity index (χ4v) is 2.82. The minimum absolute atomic E-state index is 0.131. The lowest BCUT2D eigenvalue weighted by molar-refractivity contribution is -0.118. The maximum Gasteiger partial charge on any atom is 0.262 e. The Morgan fingerprint density at radius 3 is 2.64 bits per heavy atom. The van der Waals surface area contributed by atoms with E-state index >= 15 is 0 Å². The van der Waals surface area contributed by atoms with Gasteiger partial charge in [0, 0.05) is 5.69 Å². The van der Waals surface area contributed by atoms with E-state index < -0.39 is 0 Å². The normalized spacial score (nSPS) is 12.0. The van der Waals surface area contributed by atoms with E-state index in [0.29, 0.717) is 34.2 Å². The number of benzene rings is 3. The molecule has 0 aliphatic carbocycles. The summed E-state index contributed by atoms with van der Waals surface area (Å²) in [5.41, 5.74) is 2.54. The van der Waals surface area contributed by atoms with Crippen LogP contribution in [0.3, 0.4) is 0 Å². The summed E-state index contributed by atoms with van der Waals surface area (Å²) in [4.78, 5) is 24.7. The van der Waals surface area contributed by atoms with E-state index in [1.54, 1.807) is 30.3 Å². The zero-order chi connectivity index (χ0) is 19.5. The molecule has 0 saturated carbocycles. The Bertz CT molecular complexity index is 1040. The summed E-state index contributed by atoms with van der Waals surface area (Å²) in [5.74, 6) is 0.994. The number of anilines is 2. The highest BCUT2D eigenvalue weighted by Crippen LogP contribution is 2.36. The molecule has 3 aromatic carbocycles. The second kappa shape index (κ2) is 7.44. The maximum atomic E-state index is 12.5. The van der Waals surface area contributed by atoms with Gasteiger partial charge in [-0.2, -0.15) is 0 Å². The molecule has 28 heavy (non-hydrogen) atoms. The number of carbonyl (C=O) groups is 2. The van der Waals surface area contributed by atoms with Crippen LogP contribution in [0.15, 0.2) is 66.7 Å². The van der Waals surface area contributed by atoms with Crippen LogP contribution >= 0.6 is 0 Å². The van der Waals surface area contributed by atoms with Crippen molar-refractivity contribution in [2.75, 3.05) is 17.2 Å². The number of fused-ring (bicyclic) bond motifs is 2. The van der Waals surface area contributed by atoms with Gasteiger partial charge in [0.15, 0.2) is 12.4 Å². The summed E-state index contributed by atoms with van der Waals surface area (Å²) in [6.07, 6.45) is 0. The average Bonchev–Trinajstić information content (AvgIpc) is 2.83. The summed E-state index contributed by atoms with van der Waals surface area (Å²) < 4.78 is 11.3. The smallest absolute Gasteiger partial charge is 0.262 e. The summed E-state index contributed by atoms with van der Waals surface area (Å²) in [6, 6.07) is 19.6. The second-order valence-electron chi connectivity index (χ2n) is 6.41. The first-order valence-corrected chi connectivity index (χ1v) is 8.80. The highest BCUT2D eigenvalue weighted by Gasteiger charge is 2.21. The lowest BCUT2D eigenvalue weighted by Crippen LogP contribution is -2.20. The first-order chi connectivity index (χ1) is 13.6. The molecular formula is C22H18N2O4. The molecule has 6 nitrogen and oxygen atoms in total. The minimum Gasteiger partial charge on any atom is -0.484 e. The highest BCUT2D eigenvalue weighted by molar-refractivity contribution is 6.09. The SMILES string of the molecule is Cc1ccc(OCC(=O)Nc2ccc3c(c2)C(=O)Nc2ccccc2O3)cc1. The van der Waals surface area contributed by atoms with Crippen molar-refractivity contribution in [2.45, 2.75) is 6.92 Å². The van der Waals surface area contributed by atoms with Gasteiger partial charge < -0.3 is 20.1 Å². The van der Waals surface area contributed by atoms with Gasteiger partial charge in [-0.1, -0.05) is 29.8 Å². The Morgan fingerprint density at radius 1 is 1.04 bits per heavy atom. The lowest BCUT2D eigenvalue weighted by Gasteiger charge is -2.10. The van der Waals surface area contributed by atoms with E-state index in [-0.39, 0.29) is 18.4 Å². The van der Waals surface area contributed by atoms with E-state index in [1.165, 1.54) is 0 Å². The monoisotopic (exact) mass is 374 g/mol. The molecule has 0 fully saturated rings. The van der Waals surface area contributed by atoms with Crippen LogP contribution in [0.2, 0.25) is 0 Å². The Kier molecular flexibility index (Phi) is 4.68. The second-order valence-corrected chi connectivity index (χ2v) is 6.41. The number of hydrogen-bond acceptors (Lipinski definition) is 4. The van der Waals surface area contributed by atoms with Crippen LogP contribution < -0.4 is 20.1 Å². The largest absolute Gasteiger partial charge is 0.484 e. The van der Waals surface area contributed by atoms with Gasteiger partial charge in [0.25, 0.3) is 11.8 Å². The first-order valence-electron chi connectivity index (χ1n) is 8.80. The third-order valence-corrected chi connectivity index (χ3v) is 4.25. The molecule has 3 aromatic rings. The number of hydrogen-bond donors (Lipinski definition) is 2. The van der Waals surface area contributed by atoms with Crippen molar-refractivity contribution in [2.24, 2.45) is 0 Å². The number of carbonyl (C=O) groups excluding carboxylic acids is 2. The average molecular weight is 374 g/mol. The van der Waals surface area contributed by atoms with Gasteiger partial charge in [0.2, 0.25) is 0 Å². The first kappa shape index (κ1) is 17.6. The summed E-state index contributed by atoms with van der Waals surface area (Å²) in [7, 11) is 0. The van der Waals surface area contributed by atoms with Crippen molar-refractivity contribution in [1.82, 2.24) is 0 Å². The van der Waals surface area contributed by atoms with Gasteiger partial charge in [0.1, 0.15) is 11.5 Å². The minimum atomic E-state index is -0.321. The third-order valence-electron chi connectivity index (χ3n) is 4.25. The molecule has 0 radical (unpaired) electrons. The van der Waals surface area contributed by atoms with Crippen molar-refractivity contribution in [1.29, 1.82) is 0 Å². The number of rotatable bonds is 4. The Hall–Kier alpha value is -3.80. The molecule has 0 aromatic heterocycles. The topological polar surface area (TPSA) is 76.7 Å². The molecule has 1 aliphatic heterocycles. The number of para-hydroxylation sites is 2. The summed E-state index contributed by atoms with van der Waals surface area (Å²) >= 11 is 0. The number of ether oxygens (including phenoxy) is 2. The van der Waals surface area contributed by atoms with E-state index in [1.807, 2.05) is 43.3 Å². The zero-order valence-electron chi connectivity index (χ0n) is 15.2. The molecule has 0 saturated heterocycles. The standard InChI is InChI=1S/C22H18N2O4/c1-14-6-9-16(10-7-14)27-13-21(25)23-15-8-11-19-17(12-15)22(26)24-18-4-2-3-5-20(18)28-19/h2-12H,13H2,1H3,(H,23,25)(H,24,26). The van der Waals surface area contributed by atoms with Gasteiger partial charge >= 0.3 is 0 Å². The highest BCUT2D eigenvalue weighted by atomic mass is 16.5. The van der Waals surface area contributed by atoms with Crippen molar-refractivity contribution >= 4 is 23.2 Å². The molecule has 4 rings (SSSR count). The van der Waals surface area contributed by atoms with E-state index in [2.05, 4.69) is 10.6 Å². The number of nitrogens with one attached hydrogen (secondary N) is 2. The Labute approximate surface area is 162 Å². The van der Waals surface area contributed by atoms with Gasteiger partial charge in [0.05, 0.1) is 11.3 Å². The predicted octanol–water partition coefficient (Wildman–Crippen LogP) is 4.37. The van der Waals surface area contributed by atoms with Crippen LogP contribution in [0.1, 0.15) is 15.9 Å². The Balaban J connectivity index is 1.45. The maximum absolute atomic E-state index is 12.5. The van der Waals surface area contributed by atoms with Crippen LogP contribution in [0, 0.1) is 6.92 Å². The van der Waals surface area contributed by atoms with Crippen LogP contribution in [-0.2, 0) is 4.79 Å². The lowest BCUT2D eigenvalue weighted by atomic mass is 10.1. The van der Waals surface area contributed by atoms with E-state index in [4.69, 9.17) is 9.47 Å². The molecule has 1 aliphatic rings. The van der Waals surface area contributed by atoms with Crippen molar-refractivity contribution < 1.29 is 19.1 Å². The van der Waals surface area contributed by atoms with Gasteiger partial charge in [-0.3, -0.25) is 9.59 Å². The molecule has 2 amide bonds. The molecule has 1 heterocycles. The summed E-state index contributed by atoms with van der Waals surface area (Å²) in [6.45, 7) is 1.85. The van der Waals surface area contributed by atoms with Crippen molar-refractivity contribution in [3.8, 4) is 17.2 Å². The van der Waals surface area contributed by atoms with E-state index in [0.717, 1.165) is 5.56 Å². The third kappa shape index (κ3) is 3.81. The van der Waals surface area contributed by atoms with Gasteiger partial charge in [-0.15, -0.1) is 0 Å². The molecule has 2 N–H and O–H groups in total. The number of aryl methyl sites for hydroxylation is 1. The molecule has 0 spiro atoms. The van der Waals surface area contributed by atoms with Crippen molar-refractivity contribution in [3.63, 3.8) is 0 Å². The molecule has 0 bridgehead atoms. The number of amides is 2. The quantitative estimate of drug-likeness (QED) is 0.711. The Morgan fingerprint density at radius 2 is 1.82 bits per heavy atom.